The zero-order valence-electron chi connectivity index (χ0n) is 12.0. The molecule has 0 spiro atoms. The molecule has 4 nitrogen and oxygen atoms in total. The molecule has 0 unspecified atom stereocenters. The highest BCUT2D eigenvalue weighted by molar-refractivity contribution is 6.32. The minimum absolute atomic E-state index is 0.0158. The van der Waals surface area contributed by atoms with Gasteiger partial charge in [0.25, 0.3) is 0 Å². The maximum atomic E-state index is 13.1. The van der Waals surface area contributed by atoms with E-state index in [0.717, 1.165) is 6.08 Å². The van der Waals surface area contributed by atoms with Gasteiger partial charge in [-0.25, -0.2) is 9.18 Å². The molecule has 6 heteroatoms. The molecule has 2 rings (SSSR count). The van der Waals surface area contributed by atoms with Crippen molar-refractivity contribution in [3.05, 3.63) is 64.4 Å². The van der Waals surface area contributed by atoms with Gasteiger partial charge in [-0.15, -0.1) is 0 Å². The summed E-state index contributed by atoms with van der Waals surface area (Å²) >= 11 is 5.99. The topological polar surface area (TPSA) is 59.3 Å². The summed E-state index contributed by atoms with van der Waals surface area (Å²) in [5.74, 6) is -0.930. The Morgan fingerprint density at radius 1 is 1.35 bits per heavy atom. The van der Waals surface area contributed by atoms with Gasteiger partial charge in [0.05, 0.1) is 23.8 Å². The molecule has 0 radical (unpaired) electrons. The van der Waals surface area contributed by atoms with Gasteiger partial charge in [-0.3, -0.25) is 0 Å². The van der Waals surface area contributed by atoms with Crippen LogP contribution in [0.15, 0.2) is 42.5 Å². The van der Waals surface area contributed by atoms with Crippen LogP contribution in [0, 0.1) is 17.1 Å². The van der Waals surface area contributed by atoms with Crippen molar-refractivity contribution in [2.45, 2.75) is 0 Å². The summed E-state index contributed by atoms with van der Waals surface area (Å²) in [7, 11) is 1.37. The molecule has 0 saturated carbocycles. The summed E-state index contributed by atoms with van der Waals surface area (Å²) in [6.07, 6.45) is 2.55. The second-order valence-electron chi connectivity index (χ2n) is 4.41. The zero-order valence-corrected chi connectivity index (χ0v) is 12.8. The molecule has 23 heavy (non-hydrogen) atoms. The van der Waals surface area contributed by atoms with E-state index in [-0.39, 0.29) is 22.1 Å². The SMILES string of the molecule is COc1cc(C#N)cc(Cl)c1OC(=O)/C=C/c1cccc(F)c1. The molecule has 2 aromatic carbocycles. The zero-order chi connectivity index (χ0) is 16.8. The molecular formula is C17H11ClFNO3. The number of methoxy groups -OCH3 is 1. The number of nitrogens with zero attached hydrogens (tertiary/aromatic N) is 1. The Balaban J connectivity index is 2.19. The predicted octanol–water partition coefficient (Wildman–Crippen LogP) is 3.98. The van der Waals surface area contributed by atoms with Gasteiger partial charge in [-0.1, -0.05) is 23.7 Å². The number of ether oxygens (including phenoxy) is 2. The number of nitriles is 1. The smallest absolute Gasteiger partial charge is 0.336 e. The van der Waals surface area contributed by atoms with Gasteiger partial charge in [0.2, 0.25) is 0 Å². The first-order valence-electron chi connectivity index (χ1n) is 6.46. The van der Waals surface area contributed by atoms with Crippen LogP contribution in [0.2, 0.25) is 5.02 Å². The van der Waals surface area contributed by atoms with Gasteiger partial charge in [0, 0.05) is 12.1 Å². The van der Waals surface area contributed by atoms with Crippen LogP contribution in [0.25, 0.3) is 6.08 Å². The average molecular weight is 332 g/mol. The lowest BCUT2D eigenvalue weighted by Gasteiger charge is -2.10. The number of hydrogen-bond donors (Lipinski definition) is 0. The Bertz CT molecular complexity index is 812. The van der Waals surface area contributed by atoms with Crippen LogP contribution < -0.4 is 9.47 Å². The van der Waals surface area contributed by atoms with Gasteiger partial charge in [-0.2, -0.15) is 5.26 Å². The van der Waals surface area contributed by atoms with Crippen molar-refractivity contribution in [2.24, 2.45) is 0 Å². The Hall–Kier alpha value is -2.84. The summed E-state index contributed by atoms with van der Waals surface area (Å²) in [5, 5.41) is 8.95. The molecule has 0 saturated heterocycles. The standard InChI is InChI=1S/C17H11ClFNO3/c1-22-15-9-12(10-20)8-14(18)17(15)23-16(21)6-5-11-3-2-4-13(19)7-11/h2-9H,1H3/b6-5+. The first kappa shape index (κ1) is 16.5. The second kappa shape index (κ2) is 7.43. The van der Waals surface area contributed by atoms with E-state index in [1.165, 1.54) is 43.5 Å². The van der Waals surface area contributed by atoms with Crippen molar-refractivity contribution in [1.82, 2.24) is 0 Å². The molecule has 0 aliphatic carbocycles. The fraction of sp³-hybridized carbons (Fsp3) is 0.0588. The van der Waals surface area contributed by atoms with E-state index in [1.54, 1.807) is 6.07 Å². The largest absolute Gasteiger partial charge is 0.493 e. The molecule has 0 aliphatic rings. The summed E-state index contributed by atoms with van der Waals surface area (Å²) in [4.78, 5) is 11.9. The Labute approximate surface area is 137 Å². The van der Waals surface area contributed by atoms with Crippen LogP contribution in [-0.4, -0.2) is 13.1 Å². The third-order valence-corrected chi connectivity index (χ3v) is 3.10. The summed E-state index contributed by atoms with van der Waals surface area (Å²) in [5.41, 5.74) is 0.793. The quantitative estimate of drug-likeness (QED) is 0.483. The van der Waals surface area contributed by atoms with Crippen molar-refractivity contribution in [2.75, 3.05) is 7.11 Å². The number of carbonyl (C=O) groups excluding carboxylic acids is 1. The molecule has 0 bridgehead atoms. The highest BCUT2D eigenvalue weighted by atomic mass is 35.5. The third-order valence-electron chi connectivity index (χ3n) is 2.82. The van der Waals surface area contributed by atoms with Crippen LogP contribution >= 0.6 is 11.6 Å². The summed E-state index contributed by atoms with van der Waals surface area (Å²) in [6, 6.07) is 10.4. The first-order chi connectivity index (χ1) is 11.0. The van der Waals surface area contributed by atoms with Crippen LogP contribution in [0.4, 0.5) is 4.39 Å². The minimum Gasteiger partial charge on any atom is -0.493 e. The Morgan fingerprint density at radius 2 is 2.13 bits per heavy atom. The molecule has 116 valence electrons. The van der Waals surface area contributed by atoms with E-state index in [0.29, 0.717) is 5.56 Å². The molecular weight excluding hydrogens is 321 g/mol. The van der Waals surface area contributed by atoms with Crippen molar-refractivity contribution in [3.63, 3.8) is 0 Å². The fourth-order valence-corrected chi connectivity index (χ4v) is 2.04. The number of halogens is 2. The van der Waals surface area contributed by atoms with E-state index < -0.39 is 11.8 Å². The lowest BCUT2D eigenvalue weighted by Crippen LogP contribution is -2.06. The average Bonchev–Trinajstić information content (AvgIpc) is 2.54. The number of hydrogen-bond acceptors (Lipinski definition) is 4. The van der Waals surface area contributed by atoms with Crippen LogP contribution in [0.3, 0.4) is 0 Å². The number of benzene rings is 2. The van der Waals surface area contributed by atoms with Crippen LogP contribution in [0.5, 0.6) is 11.5 Å². The number of carbonyl (C=O) groups is 1. The Kier molecular flexibility index (Phi) is 5.34. The van der Waals surface area contributed by atoms with Crippen LogP contribution in [0.1, 0.15) is 11.1 Å². The summed E-state index contributed by atoms with van der Waals surface area (Å²) in [6.45, 7) is 0. The maximum absolute atomic E-state index is 13.1. The molecule has 0 amide bonds. The molecule has 0 fully saturated rings. The fourth-order valence-electron chi connectivity index (χ4n) is 1.79. The third kappa shape index (κ3) is 4.31. The summed E-state index contributed by atoms with van der Waals surface area (Å²) < 4.78 is 23.2. The molecule has 0 aromatic heterocycles. The van der Waals surface area contributed by atoms with Crippen LogP contribution in [-0.2, 0) is 4.79 Å². The molecule has 2 aromatic rings. The number of esters is 1. The van der Waals surface area contributed by atoms with E-state index in [1.807, 2.05) is 6.07 Å². The molecule has 0 N–H and O–H groups in total. The van der Waals surface area contributed by atoms with E-state index in [9.17, 15) is 9.18 Å². The minimum atomic E-state index is -0.709. The first-order valence-corrected chi connectivity index (χ1v) is 6.84. The van der Waals surface area contributed by atoms with Gasteiger partial charge in [0.15, 0.2) is 11.5 Å². The van der Waals surface area contributed by atoms with Crippen molar-refractivity contribution < 1.29 is 18.7 Å². The van der Waals surface area contributed by atoms with Gasteiger partial charge >= 0.3 is 5.97 Å². The van der Waals surface area contributed by atoms with E-state index in [2.05, 4.69) is 0 Å². The maximum Gasteiger partial charge on any atom is 0.336 e. The van der Waals surface area contributed by atoms with E-state index >= 15 is 0 Å². The predicted molar refractivity (Wildman–Crippen MR) is 83.8 cm³/mol. The van der Waals surface area contributed by atoms with Gasteiger partial charge in [0.1, 0.15) is 5.82 Å². The second-order valence-corrected chi connectivity index (χ2v) is 4.82. The molecule has 0 atom stereocenters. The normalized spacial score (nSPS) is 10.3. The lowest BCUT2D eigenvalue weighted by molar-refractivity contribution is -0.129. The van der Waals surface area contributed by atoms with E-state index in [4.69, 9.17) is 26.3 Å². The molecule has 0 heterocycles. The van der Waals surface area contributed by atoms with Gasteiger partial charge in [-0.05, 0) is 29.8 Å². The highest BCUT2D eigenvalue weighted by Crippen LogP contribution is 2.36. The molecule has 0 aliphatic heterocycles. The van der Waals surface area contributed by atoms with Crippen molar-refractivity contribution in [1.29, 1.82) is 5.26 Å². The number of rotatable bonds is 4. The highest BCUT2D eigenvalue weighted by Gasteiger charge is 2.14. The van der Waals surface area contributed by atoms with Gasteiger partial charge < -0.3 is 9.47 Å². The lowest BCUT2D eigenvalue weighted by atomic mass is 10.2. The Morgan fingerprint density at radius 3 is 2.78 bits per heavy atom. The van der Waals surface area contributed by atoms with Crippen molar-refractivity contribution >= 4 is 23.6 Å². The monoisotopic (exact) mass is 331 g/mol. The van der Waals surface area contributed by atoms with Crippen molar-refractivity contribution in [3.8, 4) is 17.6 Å².